The number of carbonyl (C=O) groups excluding carboxylic acids is 1. The lowest BCUT2D eigenvalue weighted by Crippen LogP contribution is -2.38. The molecule has 1 heterocycles. The summed E-state index contributed by atoms with van der Waals surface area (Å²) in [5.41, 5.74) is 0.325. The van der Waals surface area contributed by atoms with Crippen molar-refractivity contribution in [2.75, 3.05) is 0 Å². The van der Waals surface area contributed by atoms with Crippen LogP contribution < -0.4 is 9.46 Å². The molecule has 1 aromatic carbocycles. The quantitative estimate of drug-likeness (QED) is 0.768. The van der Waals surface area contributed by atoms with Gasteiger partial charge in [0.1, 0.15) is 17.5 Å². The van der Waals surface area contributed by atoms with Crippen LogP contribution in [0.1, 0.15) is 66.4 Å². The molecular weight excluding hydrogens is 366 g/mol. The normalized spacial score (nSPS) is 17.4. The average molecular weight is 398 g/mol. The molecule has 6 nitrogen and oxygen atoms in total. The summed E-state index contributed by atoms with van der Waals surface area (Å²) in [6.45, 7) is 11.8. The smallest absolute Gasteiger partial charge is 0.421 e. The Morgan fingerprint density at radius 3 is 2.67 bits per heavy atom. The third-order valence-electron chi connectivity index (χ3n) is 5.22. The Bertz CT molecular complexity index is 799. The van der Waals surface area contributed by atoms with Gasteiger partial charge in [0.05, 0.1) is 4.90 Å². The number of fused-ring (bicyclic) bond motifs is 1. The summed E-state index contributed by atoms with van der Waals surface area (Å²) >= 11 is 0. The number of benzene rings is 1. The molecule has 1 aromatic rings. The fourth-order valence-electron chi connectivity index (χ4n) is 3.16. The van der Waals surface area contributed by atoms with Gasteiger partial charge in [-0.1, -0.05) is 27.2 Å². The van der Waals surface area contributed by atoms with E-state index < -0.39 is 22.2 Å². The largest absolute Gasteiger partial charge is 0.488 e. The molecule has 0 saturated heterocycles. The summed E-state index contributed by atoms with van der Waals surface area (Å²) in [7, 11) is -4.01. The monoisotopic (exact) mass is 397 g/mol. The Morgan fingerprint density at radius 2 is 2.04 bits per heavy atom. The number of aryl methyl sites for hydroxylation is 1. The third kappa shape index (κ3) is 5.37. The Hall–Kier alpha value is -1.76. The van der Waals surface area contributed by atoms with Crippen molar-refractivity contribution in [2.24, 2.45) is 5.41 Å². The molecule has 1 atom stereocenters. The van der Waals surface area contributed by atoms with Gasteiger partial charge >= 0.3 is 6.09 Å². The molecule has 152 valence electrons. The van der Waals surface area contributed by atoms with Crippen molar-refractivity contribution in [3.05, 3.63) is 23.8 Å². The predicted molar refractivity (Wildman–Crippen MR) is 104 cm³/mol. The minimum Gasteiger partial charge on any atom is -0.488 e. The van der Waals surface area contributed by atoms with Crippen LogP contribution >= 0.6 is 0 Å². The predicted octanol–water partition coefficient (Wildman–Crippen LogP) is 4.42. The molecule has 0 saturated carbocycles. The highest BCUT2D eigenvalue weighted by Crippen LogP contribution is 2.34. The van der Waals surface area contributed by atoms with Crippen molar-refractivity contribution in [3.8, 4) is 5.75 Å². The molecule has 1 aliphatic heterocycles. The highest BCUT2D eigenvalue weighted by Gasteiger charge is 2.31. The standard InChI is InChI=1S/C20H31NO5S/c1-7-11-19(3,4)14(2)25-18(22)21-27(23,24)16-8-9-17-15(13-16)10-12-20(5,6)26-17/h8-9,13-14H,7,10-12H2,1-6H3,(H,21,22). The Balaban J connectivity index is 2.10. The molecular formula is C20H31NO5S. The van der Waals surface area contributed by atoms with Gasteiger partial charge in [-0.2, -0.15) is 0 Å². The van der Waals surface area contributed by atoms with Crippen molar-refractivity contribution < 1.29 is 22.7 Å². The summed E-state index contributed by atoms with van der Waals surface area (Å²) in [6, 6.07) is 4.65. The summed E-state index contributed by atoms with van der Waals surface area (Å²) in [5.74, 6) is 0.683. The molecule has 2 rings (SSSR count). The number of amides is 1. The summed E-state index contributed by atoms with van der Waals surface area (Å²) < 4.78 is 38.3. The molecule has 0 aromatic heterocycles. The number of sulfonamides is 1. The van der Waals surface area contributed by atoms with Crippen molar-refractivity contribution in [3.63, 3.8) is 0 Å². The van der Waals surface area contributed by atoms with Crippen LogP contribution in [0.2, 0.25) is 0 Å². The van der Waals surface area contributed by atoms with Gasteiger partial charge in [0.2, 0.25) is 0 Å². The first-order valence-electron chi connectivity index (χ1n) is 9.42. The first kappa shape index (κ1) is 21.5. The van der Waals surface area contributed by atoms with Gasteiger partial charge in [-0.05, 0) is 63.8 Å². The molecule has 0 aliphatic carbocycles. The van der Waals surface area contributed by atoms with Gasteiger partial charge < -0.3 is 9.47 Å². The van der Waals surface area contributed by atoms with Crippen LogP contribution in [0.3, 0.4) is 0 Å². The van der Waals surface area contributed by atoms with E-state index in [9.17, 15) is 13.2 Å². The van der Waals surface area contributed by atoms with Crippen LogP contribution in [0.15, 0.2) is 23.1 Å². The van der Waals surface area contributed by atoms with E-state index in [2.05, 4.69) is 6.92 Å². The maximum absolute atomic E-state index is 12.6. The van der Waals surface area contributed by atoms with Crippen molar-refractivity contribution in [2.45, 2.75) is 83.8 Å². The van der Waals surface area contributed by atoms with Crippen molar-refractivity contribution >= 4 is 16.1 Å². The van der Waals surface area contributed by atoms with Crippen LogP contribution in [-0.4, -0.2) is 26.2 Å². The molecule has 7 heteroatoms. The first-order valence-corrected chi connectivity index (χ1v) is 10.9. The molecule has 0 fully saturated rings. The number of ether oxygens (including phenoxy) is 2. The number of rotatable bonds is 6. The van der Waals surface area contributed by atoms with Gasteiger partial charge in [0, 0.05) is 5.41 Å². The van der Waals surface area contributed by atoms with E-state index >= 15 is 0 Å². The lowest BCUT2D eigenvalue weighted by molar-refractivity contribution is 0.0330. The van der Waals surface area contributed by atoms with Crippen LogP contribution in [0, 0.1) is 5.41 Å². The highest BCUT2D eigenvalue weighted by atomic mass is 32.2. The van der Waals surface area contributed by atoms with Gasteiger partial charge in [-0.25, -0.2) is 17.9 Å². The number of nitrogens with one attached hydrogen (secondary N) is 1. The molecule has 1 amide bonds. The molecule has 1 aliphatic rings. The second-order valence-electron chi connectivity index (χ2n) is 8.52. The molecule has 0 radical (unpaired) electrons. The Morgan fingerprint density at radius 1 is 1.37 bits per heavy atom. The summed E-state index contributed by atoms with van der Waals surface area (Å²) in [5, 5.41) is 0. The SMILES string of the molecule is CCCC(C)(C)C(C)OC(=O)NS(=O)(=O)c1ccc2c(c1)CCC(C)(C)O2. The van der Waals surface area contributed by atoms with Crippen LogP contribution in [0.5, 0.6) is 5.75 Å². The lowest BCUT2D eigenvalue weighted by atomic mass is 9.83. The fraction of sp³-hybridized carbons (Fsp3) is 0.650. The maximum atomic E-state index is 12.6. The number of hydrogen-bond donors (Lipinski definition) is 1. The second-order valence-corrected chi connectivity index (χ2v) is 10.2. The molecule has 27 heavy (non-hydrogen) atoms. The van der Waals surface area contributed by atoms with E-state index in [1.807, 2.05) is 32.4 Å². The second kappa shape index (κ2) is 7.70. The van der Waals surface area contributed by atoms with E-state index in [0.717, 1.165) is 31.2 Å². The number of hydrogen-bond acceptors (Lipinski definition) is 5. The van der Waals surface area contributed by atoms with E-state index in [4.69, 9.17) is 9.47 Å². The van der Waals surface area contributed by atoms with E-state index in [1.165, 1.54) is 6.07 Å². The van der Waals surface area contributed by atoms with Gasteiger partial charge in [0.15, 0.2) is 0 Å². The first-order chi connectivity index (χ1) is 12.4. The van der Waals surface area contributed by atoms with E-state index in [-0.39, 0.29) is 15.9 Å². The minimum atomic E-state index is -4.01. The van der Waals surface area contributed by atoms with Crippen LogP contribution in [0.4, 0.5) is 4.79 Å². The Labute approximate surface area is 162 Å². The minimum absolute atomic E-state index is 0.0296. The fourth-order valence-corrected chi connectivity index (χ4v) is 4.09. The molecule has 0 bridgehead atoms. The summed E-state index contributed by atoms with van der Waals surface area (Å²) in [4.78, 5) is 12.2. The zero-order valence-electron chi connectivity index (χ0n) is 17.1. The van der Waals surface area contributed by atoms with Gasteiger partial charge in [-0.15, -0.1) is 0 Å². The molecule has 1 N–H and O–H groups in total. The zero-order valence-corrected chi connectivity index (χ0v) is 17.9. The third-order valence-corrected chi connectivity index (χ3v) is 6.53. The van der Waals surface area contributed by atoms with E-state index in [0.29, 0.717) is 5.75 Å². The van der Waals surface area contributed by atoms with Crippen LogP contribution in [0.25, 0.3) is 0 Å². The van der Waals surface area contributed by atoms with Crippen LogP contribution in [-0.2, 0) is 21.2 Å². The zero-order chi connectivity index (χ0) is 20.5. The topological polar surface area (TPSA) is 81.7 Å². The van der Waals surface area contributed by atoms with Crippen molar-refractivity contribution in [1.82, 2.24) is 4.72 Å². The molecule has 0 spiro atoms. The highest BCUT2D eigenvalue weighted by molar-refractivity contribution is 7.90. The average Bonchev–Trinajstić information content (AvgIpc) is 2.52. The Kier molecular flexibility index (Phi) is 6.14. The van der Waals surface area contributed by atoms with E-state index in [1.54, 1.807) is 19.1 Å². The summed E-state index contributed by atoms with van der Waals surface area (Å²) in [6.07, 6.45) is 1.97. The van der Waals surface area contributed by atoms with Gasteiger partial charge in [-0.3, -0.25) is 0 Å². The maximum Gasteiger partial charge on any atom is 0.421 e. The number of carbonyl (C=O) groups is 1. The molecule has 1 unspecified atom stereocenters. The lowest BCUT2D eigenvalue weighted by Gasteiger charge is -2.32. The van der Waals surface area contributed by atoms with Crippen molar-refractivity contribution in [1.29, 1.82) is 0 Å². The van der Waals surface area contributed by atoms with Gasteiger partial charge in [0.25, 0.3) is 10.0 Å².